The van der Waals surface area contributed by atoms with Gasteiger partial charge in [-0.2, -0.15) is 4.98 Å². The molecule has 1 unspecified atom stereocenters. The van der Waals surface area contributed by atoms with Gasteiger partial charge in [-0.1, -0.05) is 59.8 Å². The van der Waals surface area contributed by atoms with Crippen molar-refractivity contribution in [3.63, 3.8) is 0 Å². The molecule has 1 N–H and O–H groups in total. The SMILES string of the molecule is CC1=C(c2nc(-c3cccc(F)c3)no2)C(c2ccccc2)NC(=O)N1c1cccc(C)c1. The van der Waals surface area contributed by atoms with Gasteiger partial charge >= 0.3 is 6.03 Å². The second-order valence-corrected chi connectivity index (χ2v) is 7.90. The minimum Gasteiger partial charge on any atom is -0.334 e. The van der Waals surface area contributed by atoms with Crippen molar-refractivity contribution >= 4 is 17.3 Å². The highest BCUT2D eigenvalue weighted by Gasteiger charge is 2.36. The van der Waals surface area contributed by atoms with Gasteiger partial charge in [-0.05, 0) is 49.2 Å². The molecule has 2 heterocycles. The Kier molecular flexibility index (Phi) is 5.22. The highest BCUT2D eigenvalue weighted by Crippen LogP contribution is 2.39. The molecule has 1 aliphatic heterocycles. The third kappa shape index (κ3) is 3.89. The molecule has 0 bridgehead atoms. The van der Waals surface area contributed by atoms with Crippen LogP contribution in [0.5, 0.6) is 0 Å². The number of benzene rings is 3. The number of aromatic nitrogens is 2. The number of hydrogen-bond acceptors (Lipinski definition) is 4. The number of nitrogens with zero attached hydrogens (tertiary/aromatic N) is 3. The van der Waals surface area contributed by atoms with Crippen molar-refractivity contribution in [1.29, 1.82) is 0 Å². The van der Waals surface area contributed by atoms with Crippen LogP contribution in [0.4, 0.5) is 14.9 Å². The summed E-state index contributed by atoms with van der Waals surface area (Å²) in [6.45, 7) is 3.83. The molecule has 33 heavy (non-hydrogen) atoms. The van der Waals surface area contributed by atoms with Gasteiger partial charge in [0.2, 0.25) is 5.82 Å². The Balaban J connectivity index is 1.66. The first kappa shape index (κ1) is 20.6. The van der Waals surface area contributed by atoms with E-state index in [1.807, 2.05) is 68.4 Å². The van der Waals surface area contributed by atoms with E-state index in [-0.39, 0.29) is 23.6 Å². The van der Waals surface area contributed by atoms with E-state index in [1.165, 1.54) is 12.1 Å². The Morgan fingerprint density at radius 3 is 2.52 bits per heavy atom. The first-order valence-corrected chi connectivity index (χ1v) is 10.5. The zero-order valence-corrected chi connectivity index (χ0v) is 18.1. The van der Waals surface area contributed by atoms with Crippen LogP contribution in [0.15, 0.2) is 89.1 Å². The number of urea groups is 1. The van der Waals surface area contributed by atoms with Crippen LogP contribution in [0.3, 0.4) is 0 Å². The normalized spacial score (nSPS) is 16.2. The second-order valence-electron chi connectivity index (χ2n) is 7.90. The molecule has 1 aliphatic rings. The fraction of sp³-hybridized carbons (Fsp3) is 0.115. The second kappa shape index (κ2) is 8.35. The van der Waals surface area contributed by atoms with Crippen LogP contribution in [0.1, 0.15) is 30.0 Å². The molecule has 1 aromatic heterocycles. The van der Waals surface area contributed by atoms with Crippen LogP contribution in [0.25, 0.3) is 17.0 Å². The topological polar surface area (TPSA) is 71.3 Å². The standard InChI is InChI=1S/C26H21FN4O2/c1-16-8-6-13-21(14-16)31-17(2)22(23(28-26(31)32)18-9-4-3-5-10-18)25-29-24(30-33-25)19-11-7-12-20(27)15-19/h3-15,23H,1-2H3,(H,28,32). The van der Waals surface area contributed by atoms with Gasteiger partial charge in [0.15, 0.2) is 0 Å². The number of rotatable bonds is 4. The molecule has 0 saturated carbocycles. The molecule has 7 heteroatoms. The Morgan fingerprint density at radius 2 is 1.76 bits per heavy atom. The molecule has 5 rings (SSSR count). The molecule has 0 aliphatic carbocycles. The summed E-state index contributed by atoms with van der Waals surface area (Å²) < 4.78 is 19.4. The van der Waals surface area contributed by atoms with E-state index in [9.17, 15) is 9.18 Å². The Hall–Kier alpha value is -4.26. The number of amides is 2. The minimum atomic E-state index is -0.486. The first-order chi connectivity index (χ1) is 16.0. The maximum Gasteiger partial charge on any atom is 0.326 e. The van der Waals surface area contributed by atoms with Crippen molar-refractivity contribution in [2.45, 2.75) is 19.9 Å². The van der Waals surface area contributed by atoms with E-state index in [4.69, 9.17) is 4.52 Å². The smallest absolute Gasteiger partial charge is 0.326 e. The lowest BCUT2D eigenvalue weighted by Gasteiger charge is -2.35. The average Bonchev–Trinajstić information content (AvgIpc) is 3.29. The van der Waals surface area contributed by atoms with E-state index in [2.05, 4.69) is 15.5 Å². The fourth-order valence-electron chi connectivity index (χ4n) is 4.07. The average molecular weight is 440 g/mol. The molecule has 2 amide bonds. The minimum absolute atomic E-state index is 0.249. The lowest BCUT2D eigenvalue weighted by molar-refractivity contribution is 0.244. The molecule has 6 nitrogen and oxygen atoms in total. The Labute approximate surface area is 190 Å². The van der Waals surface area contributed by atoms with Gasteiger partial charge in [0.1, 0.15) is 5.82 Å². The molecule has 0 fully saturated rings. The van der Waals surface area contributed by atoms with Crippen molar-refractivity contribution in [2.24, 2.45) is 0 Å². The van der Waals surface area contributed by atoms with Crippen LogP contribution >= 0.6 is 0 Å². The third-order valence-electron chi connectivity index (χ3n) is 5.62. The number of halogens is 1. The van der Waals surface area contributed by atoms with Gasteiger partial charge in [0, 0.05) is 11.3 Å². The van der Waals surface area contributed by atoms with Crippen LogP contribution < -0.4 is 10.2 Å². The van der Waals surface area contributed by atoms with E-state index >= 15 is 0 Å². The molecule has 3 aromatic carbocycles. The summed E-state index contributed by atoms with van der Waals surface area (Å²) in [4.78, 5) is 19.4. The summed E-state index contributed by atoms with van der Waals surface area (Å²) in [6.07, 6.45) is 0. The van der Waals surface area contributed by atoms with Gasteiger partial charge in [-0.15, -0.1) is 0 Å². The van der Waals surface area contributed by atoms with Crippen molar-refractivity contribution in [3.8, 4) is 11.4 Å². The van der Waals surface area contributed by atoms with Gasteiger partial charge in [0.25, 0.3) is 5.89 Å². The molecule has 0 radical (unpaired) electrons. The van der Waals surface area contributed by atoms with E-state index in [1.54, 1.807) is 17.0 Å². The third-order valence-corrected chi connectivity index (χ3v) is 5.62. The van der Waals surface area contributed by atoms with Crippen molar-refractivity contribution in [2.75, 3.05) is 4.90 Å². The maximum atomic E-state index is 13.7. The fourth-order valence-corrected chi connectivity index (χ4v) is 4.07. The van der Waals surface area contributed by atoms with Crippen molar-refractivity contribution in [3.05, 3.63) is 107 Å². The molecule has 0 spiro atoms. The first-order valence-electron chi connectivity index (χ1n) is 10.5. The summed E-state index contributed by atoms with van der Waals surface area (Å²) in [5, 5.41) is 7.16. The monoisotopic (exact) mass is 440 g/mol. The van der Waals surface area contributed by atoms with Crippen LogP contribution in [-0.4, -0.2) is 16.2 Å². The summed E-state index contributed by atoms with van der Waals surface area (Å²) in [7, 11) is 0. The number of allylic oxidation sites excluding steroid dienone is 1. The number of carbonyl (C=O) groups excluding carboxylic acids is 1. The van der Waals surface area contributed by atoms with E-state index < -0.39 is 6.04 Å². The molecule has 164 valence electrons. The molecule has 1 atom stereocenters. The Bertz CT molecular complexity index is 1360. The predicted molar refractivity (Wildman–Crippen MR) is 124 cm³/mol. The number of hydrogen-bond donors (Lipinski definition) is 1. The lowest BCUT2D eigenvalue weighted by Crippen LogP contribution is -2.46. The summed E-state index contributed by atoms with van der Waals surface area (Å²) >= 11 is 0. The number of anilines is 1. The highest BCUT2D eigenvalue weighted by atomic mass is 19.1. The summed E-state index contributed by atoms with van der Waals surface area (Å²) in [6, 6.07) is 22.6. The van der Waals surface area contributed by atoms with Crippen molar-refractivity contribution in [1.82, 2.24) is 15.5 Å². The predicted octanol–water partition coefficient (Wildman–Crippen LogP) is 5.89. The zero-order chi connectivity index (χ0) is 22.9. The molecule has 4 aromatic rings. The van der Waals surface area contributed by atoms with E-state index in [0.717, 1.165) is 16.8 Å². The van der Waals surface area contributed by atoms with Crippen molar-refractivity contribution < 1.29 is 13.7 Å². The number of carbonyl (C=O) groups is 1. The number of aryl methyl sites for hydroxylation is 1. The van der Waals surface area contributed by atoms with Gasteiger partial charge in [0.05, 0.1) is 17.3 Å². The van der Waals surface area contributed by atoms with Crippen LogP contribution in [0.2, 0.25) is 0 Å². The maximum absolute atomic E-state index is 13.7. The number of nitrogens with one attached hydrogen (secondary N) is 1. The summed E-state index contributed by atoms with van der Waals surface area (Å²) in [5.41, 5.74) is 4.51. The van der Waals surface area contributed by atoms with Gasteiger partial charge < -0.3 is 9.84 Å². The highest BCUT2D eigenvalue weighted by molar-refractivity contribution is 6.01. The lowest BCUT2D eigenvalue weighted by atomic mass is 9.94. The quantitative estimate of drug-likeness (QED) is 0.430. The molecular formula is C26H21FN4O2. The molecular weight excluding hydrogens is 419 g/mol. The Morgan fingerprint density at radius 1 is 0.970 bits per heavy atom. The van der Waals surface area contributed by atoms with Gasteiger partial charge in [-0.3, -0.25) is 4.90 Å². The zero-order valence-electron chi connectivity index (χ0n) is 18.1. The van der Waals surface area contributed by atoms with Crippen LogP contribution in [0, 0.1) is 12.7 Å². The summed E-state index contributed by atoms with van der Waals surface area (Å²) in [5.74, 6) is 0.154. The molecule has 0 saturated heterocycles. The van der Waals surface area contributed by atoms with Crippen LogP contribution in [-0.2, 0) is 0 Å². The largest absolute Gasteiger partial charge is 0.334 e. The van der Waals surface area contributed by atoms with E-state index in [0.29, 0.717) is 16.8 Å². The van der Waals surface area contributed by atoms with Gasteiger partial charge in [-0.25, -0.2) is 9.18 Å².